The third-order valence-corrected chi connectivity index (χ3v) is 5.93. The predicted molar refractivity (Wildman–Crippen MR) is 129 cm³/mol. The lowest BCUT2D eigenvalue weighted by Gasteiger charge is -2.22. The number of fused-ring (bicyclic) bond motifs is 1. The number of benzene rings is 1. The van der Waals surface area contributed by atoms with Gasteiger partial charge in [-0.05, 0) is 82.0 Å². The van der Waals surface area contributed by atoms with E-state index in [0.717, 1.165) is 46.6 Å². The summed E-state index contributed by atoms with van der Waals surface area (Å²) in [4.78, 5) is 18.2. The monoisotopic (exact) mass is 444 g/mol. The number of ether oxygens (including phenoxy) is 1. The van der Waals surface area contributed by atoms with Crippen LogP contribution in [0.25, 0.3) is 22.3 Å². The fourth-order valence-electron chi connectivity index (χ4n) is 3.86. The molecule has 0 aliphatic carbocycles. The van der Waals surface area contributed by atoms with Crippen molar-refractivity contribution in [2.45, 2.75) is 46.5 Å². The average Bonchev–Trinajstić information content (AvgIpc) is 2.81. The van der Waals surface area contributed by atoms with Gasteiger partial charge in [0.05, 0.1) is 5.69 Å². The highest BCUT2D eigenvalue weighted by Crippen LogP contribution is 2.32. The van der Waals surface area contributed by atoms with Crippen LogP contribution in [0.3, 0.4) is 0 Å². The third kappa shape index (κ3) is 5.40. The molecule has 5 rings (SSSR count). The molecule has 3 aromatic heterocycles. The average molecular weight is 445 g/mol. The normalized spacial score (nSPS) is 14.1. The van der Waals surface area contributed by atoms with Crippen LogP contribution in [0.15, 0.2) is 48.7 Å². The van der Waals surface area contributed by atoms with Crippen molar-refractivity contribution in [3.8, 4) is 11.3 Å². The summed E-state index contributed by atoms with van der Waals surface area (Å²) in [5.41, 5.74) is 5.71. The van der Waals surface area contributed by atoms with E-state index < -0.39 is 0 Å². The number of pyridine rings is 2. The van der Waals surface area contributed by atoms with Crippen LogP contribution in [0.2, 0.25) is 0 Å². The van der Waals surface area contributed by atoms with E-state index in [2.05, 4.69) is 9.97 Å². The summed E-state index contributed by atoms with van der Waals surface area (Å²) in [6.45, 7) is 9.25. The SMILES string of the molecule is Cc1ccc(-c2nc(C3CCOCC3)nc3nc(C)c(C)cc23)c(F)c1.Cc1ccccn1. The Morgan fingerprint density at radius 1 is 0.909 bits per heavy atom. The first-order valence-electron chi connectivity index (χ1n) is 11.3. The molecule has 0 N–H and O–H groups in total. The van der Waals surface area contributed by atoms with Crippen molar-refractivity contribution in [3.05, 3.63) is 82.8 Å². The highest BCUT2D eigenvalue weighted by atomic mass is 19.1. The lowest BCUT2D eigenvalue weighted by atomic mass is 9.98. The van der Waals surface area contributed by atoms with E-state index in [9.17, 15) is 4.39 Å². The van der Waals surface area contributed by atoms with Crippen molar-refractivity contribution in [1.82, 2.24) is 19.9 Å². The number of rotatable bonds is 2. The van der Waals surface area contributed by atoms with Gasteiger partial charge in [0.25, 0.3) is 0 Å². The molecule has 33 heavy (non-hydrogen) atoms. The molecular weight excluding hydrogens is 415 g/mol. The molecule has 1 aromatic carbocycles. The maximum Gasteiger partial charge on any atom is 0.163 e. The second kappa shape index (κ2) is 10.1. The number of hydrogen-bond acceptors (Lipinski definition) is 5. The van der Waals surface area contributed by atoms with Gasteiger partial charge in [-0.1, -0.05) is 12.1 Å². The standard InChI is InChI=1S/C21H22FN3O.C6H7N/c1-12-4-5-16(18(22)10-12)19-17-11-13(2)14(3)23-21(17)25-20(24-19)15-6-8-26-9-7-15;1-6-4-2-3-5-7-6/h4-5,10-11,15H,6-9H2,1-3H3;2-5H,1H3. The molecule has 6 heteroatoms. The zero-order chi connectivity index (χ0) is 23.4. The van der Waals surface area contributed by atoms with Crippen LogP contribution in [0.4, 0.5) is 4.39 Å². The van der Waals surface area contributed by atoms with E-state index >= 15 is 0 Å². The fraction of sp³-hybridized carbons (Fsp3) is 0.333. The summed E-state index contributed by atoms with van der Waals surface area (Å²) in [6, 6.07) is 13.1. The molecule has 1 fully saturated rings. The topological polar surface area (TPSA) is 60.8 Å². The first-order chi connectivity index (χ1) is 15.9. The maximum absolute atomic E-state index is 14.7. The summed E-state index contributed by atoms with van der Waals surface area (Å²) in [6.07, 6.45) is 3.55. The summed E-state index contributed by atoms with van der Waals surface area (Å²) >= 11 is 0. The Hall–Kier alpha value is -3.25. The summed E-state index contributed by atoms with van der Waals surface area (Å²) in [7, 11) is 0. The molecular formula is C27H29FN4O. The Bertz CT molecular complexity index is 1250. The number of aromatic nitrogens is 4. The summed E-state index contributed by atoms with van der Waals surface area (Å²) in [5, 5.41) is 0.798. The smallest absolute Gasteiger partial charge is 0.163 e. The van der Waals surface area contributed by atoms with Crippen molar-refractivity contribution in [2.24, 2.45) is 0 Å². The Kier molecular flexibility index (Phi) is 7.04. The van der Waals surface area contributed by atoms with Crippen molar-refractivity contribution in [2.75, 3.05) is 13.2 Å². The van der Waals surface area contributed by atoms with Crippen LogP contribution in [-0.4, -0.2) is 33.1 Å². The molecule has 0 bridgehead atoms. The highest BCUT2D eigenvalue weighted by molar-refractivity contribution is 5.91. The molecule has 4 heterocycles. The second-order valence-electron chi connectivity index (χ2n) is 8.53. The van der Waals surface area contributed by atoms with Crippen LogP contribution >= 0.6 is 0 Å². The van der Waals surface area contributed by atoms with E-state index in [4.69, 9.17) is 14.7 Å². The maximum atomic E-state index is 14.7. The first-order valence-corrected chi connectivity index (χ1v) is 11.3. The largest absolute Gasteiger partial charge is 0.381 e. The highest BCUT2D eigenvalue weighted by Gasteiger charge is 2.22. The van der Waals surface area contributed by atoms with E-state index in [1.165, 1.54) is 0 Å². The van der Waals surface area contributed by atoms with Gasteiger partial charge in [0, 0.05) is 47.7 Å². The molecule has 0 atom stereocenters. The third-order valence-electron chi connectivity index (χ3n) is 5.93. The van der Waals surface area contributed by atoms with Gasteiger partial charge in [-0.3, -0.25) is 4.98 Å². The first kappa shape index (κ1) is 22.9. The van der Waals surface area contributed by atoms with Gasteiger partial charge in [-0.15, -0.1) is 0 Å². The minimum Gasteiger partial charge on any atom is -0.381 e. The Balaban J connectivity index is 0.000000318. The molecule has 0 spiro atoms. The Morgan fingerprint density at radius 3 is 2.33 bits per heavy atom. The minimum atomic E-state index is -0.263. The van der Waals surface area contributed by atoms with Crippen molar-refractivity contribution in [1.29, 1.82) is 0 Å². The van der Waals surface area contributed by atoms with Crippen LogP contribution in [0.1, 0.15) is 47.1 Å². The molecule has 4 aromatic rings. The van der Waals surface area contributed by atoms with E-state index in [-0.39, 0.29) is 11.7 Å². The summed E-state index contributed by atoms with van der Waals surface area (Å²) in [5.74, 6) is 0.705. The van der Waals surface area contributed by atoms with Crippen LogP contribution in [0, 0.1) is 33.5 Å². The lowest BCUT2D eigenvalue weighted by Crippen LogP contribution is -2.17. The second-order valence-corrected chi connectivity index (χ2v) is 8.53. The van der Waals surface area contributed by atoms with Gasteiger partial charge >= 0.3 is 0 Å². The Labute approximate surface area is 194 Å². The number of aryl methyl sites for hydroxylation is 4. The number of hydrogen-bond donors (Lipinski definition) is 0. The summed E-state index contributed by atoms with van der Waals surface area (Å²) < 4.78 is 20.2. The number of halogens is 1. The molecule has 170 valence electrons. The molecule has 5 nitrogen and oxygen atoms in total. The molecule has 1 aliphatic rings. The predicted octanol–water partition coefficient (Wildman–Crippen LogP) is 6.04. The number of nitrogens with zero attached hydrogens (tertiary/aromatic N) is 4. The zero-order valence-corrected chi connectivity index (χ0v) is 19.6. The van der Waals surface area contributed by atoms with Crippen LogP contribution in [0.5, 0.6) is 0 Å². The van der Waals surface area contributed by atoms with Crippen molar-refractivity contribution < 1.29 is 9.13 Å². The van der Waals surface area contributed by atoms with Crippen molar-refractivity contribution in [3.63, 3.8) is 0 Å². The molecule has 0 saturated carbocycles. The van der Waals surface area contributed by atoms with Gasteiger partial charge in [0.15, 0.2) is 5.65 Å². The van der Waals surface area contributed by atoms with Crippen LogP contribution < -0.4 is 0 Å². The minimum absolute atomic E-state index is 0.226. The molecule has 0 amide bonds. The fourth-order valence-corrected chi connectivity index (χ4v) is 3.86. The van der Waals surface area contributed by atoms with Gasteiger partial charge < -0.3 is 4.74 Å². The van der Waals surface area contributed by atoms with Crippen molar-refractivity contribution >= 4 is 11.0 Å². The Morgan fingerprint density at radius 2 is 1.70 bits per heavy atom. The van der Waals surface area contributed by atoms with E-state index in [1.807, 2.05) is 58.0 Å². The van der Waals surface area contributed by atoms with Crippen LogP contribution in [-0.2, 0) is 4.74 Å². The van der Waals surface area contributed by atoms with Gasteiger partial charge in [-0.2, -0.15) is 0 Å². The van der Waals surface area contributed by atoms with E-state index in [0.29, 0.717) is 30.1 Å². The molecule has 0 radical (unpaired) electrons. The zero-order valence-electron chi connectivity index (χ0n) is 19.6. The van der Waals surface area contributed by atoms with Gasteiger partial charge in [-0.25, -0.2) is 19.3 Å². The van der Waals surface area contributed by atoms with E-state index in [1.54, 1.807) is 18.3 Å². The molecule has 1 aliphatic heterocycles. The molecule has 1 saturated heterocycles. The molecule has 0 unspecified atom stereocenters. The van der Waals surface area contributed by atoms with Gasteiger partial charge in [0.2, 0.25) is 0 Å². The van der Waals surface area contributed by atoms with Gasteiger partial charge in [0.1, 0.15) is 11.6 Å². The quantitative estimate of drug-likeness (QED) is 0.377. The lowest BCUT2D eigenvalue weighted by molar-refractivity contribution is 0.0836.